The van der Waals surface area contributed by atoms with E-state index >= 15 is 0 Å². The molecule has 0 atom stereocenters. The van der Waals surface area contributed by atoms with Crippen molar-refractivity contribution in [3.63, 3.8) is 0 Å². The molecule has 0 bridgehead atoms. The van der Waals surface area contributed by atoms with Crippen molar-refractivity contribution < 1.29 is 14.3 Å². The van der Waals surface area contributed by atoms with E-state index in [2.05, 4.69) is 11.7 Å². The minimum Gasteiger partial charge on any atom is -0.454 e. The molecule has 4 N–H and O–H groups in total. The molecule has 0 radical (unpaired) electrons. The van der Waals surface area contributed by atoms with E-state index in [0.29, 0.717) is 0 Å². The molecule has 1 heterocycles. The van der Waals surface area contributed by atoms with Crippen molar-refractivity contribution >= 4 is 11.9 Å². The first-order chi connectivity index (χ1) is 8.33. The lowest BCUT2D eigenvalue weighted by Gasteiger charge is -2.05. The average Bonchev–Trinajstić information content (AvgIpc) is 2.84. The summed E-state index contributed by atoms with van der Waals surface area (Å²) in [5.74, 6) is 9.57. The van der Waals surface area contributed by atoms with Crippen LogP contribution in [0.3, 0.4) is 0 Å². The van der Waals surface area contributed by atoms with Gasteiger partial charge in [0.15, 0.2) is 17.3 Å². The molecule has 1 aliphatic heterocycles. The molecule has 0 unspecified atom stereocenters. The molecule has 5 nitrogen and oxygen atoms in total. The summed E-state index contributed by atoms with van der Waals surface area (Å²) in [4.78, 5) is 11.1. The highest BCUT2D eigenvalue weighted by Crippen LogP contribution is 2.33. The minimum atomic E-state index is 0.0765. The number of benzene rings is 1. The Bertz CT molecular complexity index is 506. The molecule has 1 aromatic rings. The third kappa shape index (κ3) is 2.20. The molecule has 0 aromatic heterocycles. The van der Waals surface area contributed by atoms with Crippen molar-refractivity contribution in [3.8, 4) is 11.5 Å². The Labute approximate surface area is 98.3 Å². The van der Waals surface area contributed by atoms with Crippen LogP contribution in [-0.2, 0) is 4.79 Å². The van der Waals surface area contributed by atoms with Gasteiger partial charge in [0.1, 0.15) is 0 Å². The van der Waals surface area contributed by atoms with E-state index in [1.165, 1.54) is 0 Å². The number of carbonyl (C=O) groups excluding carboxylic acids is 1. The van der Waals surface area contributed by atoms with Crippen molar-refractivity contribution in [1.29, 1.82) is 0 Å². The summed E-state index contributed by atoms with van der Waals surface area (Å²) in [6.45, 7) is 0.272. The second-order valence-electron chi connectivity index (χ2n) is 3.41. The smallest absolute Gasteiger partial charge is 0.231 e. The molecule has 0 spiro atoms. The van der Waals surface area contributed by atoms with Gasteiger partial charge in [0.2, 0.25) is 6.79 Å². The van der Waals surface area contributed by atoms with Gasteiger partial charge in [-0.1, -0.05) is 6.07 Å². The first kappa shape index (κ1) is 11.4. The fourth-order valence-electron chi connectivity index (χ4n) is 1.55. The summed E-state index contributed by atoms with van der Waals surface area (Å²) in [7, 11) is 0. The summed E-state index contributed by atoms with van der Waals surface area (Å²) in [6.07, 6.45) is 5.19. The Morgan fingerprint density at radius 1 is 1.12 bits per heavy atom. The Kier molecular flexibility index (Phi) is 3.22. The van der Waals surface area contributed by atoms with Crippen LogP contribution in [0, 0.1) is 0 Å². The van der Waals surface area contributed by atoms with Crippen molar-refractivity contribution in [2.45, 2.75) is 0 Å². The number of nitrogens with two attached hydrogens (primary N) is 2. The molecule has 2 aliphatic rings. The molecular weight excluding hydrogens is 220 g/mol. The first-order valence-electron chi connectivity index (χ1n) is 5.00. The van der Waals surface area contributed by atoms with Crippen molar-refractivity contribution in [2.75, 3.05) is 6.79 Å². The highest BCUT2D eigenvalue weighted by atomic mass is 16.7. The normalized spacial score (nSPS) is 17.5. The van der Waals surface area contributed by atoms with Gasteiger partial charge in [-0.2, -0.15) is 0 Å². The molecule has 0 fully saturated rings. The highest BCUT2D eigenvalue weighted by Gasteiger charge is 2.14. The fraction of sp³-hybridized carbons (Fsp3) is 0.0833. The van der Waals surface area contributed by atoms with Gasteiger partial charge in [-0.05, 0) is 35.9 Å². The second kappa shape index (κ2) is 4.82. The van der Waals surface area contributed by atoms with Crippen molar-refractivity contribution in [3.05, 3.63) is 41.5 Å². The number of ketones is 1. The maximum Gasteiger partial charge on any atom is 0.231 e. The van der Waals surface area contributed by atoms with Gasteiger partial charge >= 0.3 is 0 Å². The molecule has 3 rings (SSSR count). The lowest BCUT2D eigenvalue weighted by Crippen LogP contribution is -2.04. The molecule has 0 saturated heterocycles. The number of carbonyl (C=O) groups is 1. The van der Waals surface area contributed by atoms with Crippen LogP contribution in [0.5, 0.6) is 11.5 Å². The number of hydrazine groups is 1. The number of hydrogen-bond acceptors (Lipinski definition) is 5. The van der Waals surface area contributed by atoms with Crippen LogP contribution < -0.4 is 21.2 Å². The zero-order chi connectivity index (χ0) is 12.3. The highest BCUT2D eigenvalue weighted by molar-refractivity contribution is 6.16. The Morgan fingerprint density at radius 2 is 1.88 bits per heavy atom. The number of fused-ring (bicyclic) bond motifs is 1. The van der Waals surface area contributed by atoms with E-state index in [9.17, 15) is 4.79 Å². The molecule has 0 amide bonds. The predicted octanol–water partition coefficient (Wildman–Crippen LogP) is 0.756. The molecule has 0 saturated carbocycles. The Morgan fingerprint density at radius 3 is 2.53 bits per heavy atom. The van der Waals surface area contributed by atoms with E-state index in [-0.39, 0.29) is 12.6 Å². The zero-order valence-electron chi connectivity index (χ0n) is 9.05. The van der Waals surface area contributed by atoms with Gasteiger partial charge < -0.3 is 9.47 Å². The molecule has 1 aromatic carbocycles. The van der Waals surface area contributed by atoms with Gasteiger partial charge in [-0.25, -0.2) is 0 Å². The number of rotatable bonds is 1. The number of allylic oxidation sites excluding steroid dienone is 3. The van der Waals surface area contributed by atoms with Crippen LogP contribution in [0.15, 0.2) is 35.9 Å². The fourth-order valence-corrected chi connectivity index (χ4v) is 1.55. The maximum absolute atomic E-state index is 11.1. The summed E-state index contributed by atoms with van der Waals surface area (Å²) < 4.78 is 10.4. The van der Waals surface area contributed by atoms with Crippen LogP contribution in [-0.4, -0.2) is 12.6 Å². The average molecular weight is 232 g/mol. The zero-order valence-corrected chi connectivity index (χ0v) is 9.05. The largest absolute Gasteiger partial charge is 0.454 e. The predicted molar refractivity (Wildman–Crippen MR) is 63.1 cm³/mol. The summed E-state index contributed by atoms with van der Waals surface area (Å²) in [5, 5.41) is 0. The van der Waals surface area contributed by atoms with Gasteiger partial charge in [-0.15, -0.1) is 0 Å². The Balaban J connectivity index is 0.000000514. The molecule has 17 heavy (non-hydrogen) atoms. The van der Waals surface area contributed by atoms with E-state index < -0.39 is 0 Å². The monoisotopic (exact) mass is 232 g/mol. The second-order valence-corrected chi connectivity index (χ2v) is 3.41. The molecule has 5 heteroatoms. The van der Waals surface area contributed by atoms with Crippen LogP contribution in [0.25, 0.3) is 6.08 Å². The van der Waals surface area contributed by atoms with Gasteiger partial charge in [0.25, 0.3) is 0 Å². The van der Waals surface area contributed by atoms with Gasteiger partial charge in [-0.3, -0.25) is 16.5 Å². The van der Waals surface area contributed by atoms with E-state index in [1.807, 2.05) is 24.3 Å². The summed E-state index contributed by atoms with van der Waals surface area (Å²) in [5.41, 5.74) is 1.68. The first-order valence-corrected chi connectivity index (χ1v) is 5.00. The lowest BCUT2D eigenvalue weighted by molar-refractivity contribution is -0.111. The quantitative estimate of drug-likeness (QED) is 0.424. The van der Waals surface area contributed by atoms with E-state index in [1.54, 1.807) is 12.2 Å². The van der Waals surface area contributed by atoms with Crippen LogP contribution in [0.1, 0.15) is 5.56 Å². The molecule has 1 aliphatic carbocycles. The van der Waals surface area contributed by atoms with E-state index in [4.69, 9.17) is 9.47 Å². The number of hydrogen-bond donors (Lipinski definition) is 2. The summed E-state index contributed by atoms with van der Waals surface area (Å²) in [6, 6.07) is 5.62. The van der Waals surface area contributed by atoms with Gasteiger partial charge in [0.05, 0.1) is 0 Å². The van der Waals surface area contributed by atoms with Crippen LogP contribution >= 0.6 is 0 Å². The maximum atomic E-state index is 11.1. The van der Waals surface area contributed by atoms with Crippen LogP contribution in [0.4, 0.5) is 0 Å². The van der Waals surface area contributed by atoms with E-state index in [0.717, 1.165) is 22.6 Å². The minimum absolute atomic E-state index is 0.0765. The SMILES string of the molecule is NN.O=C1C=CC1=Cc1ccc2c(c1)OCO2. The molecular formula is C12H12N2O3. The Hall–Kier alpha value is -2.11. The number of ether oxygens (including phenoxy) is 2. The summed E-state index contributed by atoms with van der Waals surface area (Å²) >= 11 is 0. The lowest BCUT2D eigenvalue weighted by atomic mass is 9.98. The van der Waals surface area contributed by atoms with Crippen molar-refractivity contribution in [2.24, 2.45) is 11.7 Å². The third-order valence-corrected chi connectivity index (χ3v) is 2.42. The van der Waals surface area contributed by atoms with Gasteiger partial charge in [0, 0.05) is 5.57 Å². The third-order valence-electron chi connectivity index (χ3n) is 2.42. The van der Waals surface area contributed by atoms with Crippen LogP contribution in [0.2, 0.25) is 0 Å². The van der Waals surface area contributed by atoms with Crippen molar-refractivity contribution in [1.82, 2.24) is 0 Å². The standard InChI is InChI=1S/C12H8O3.H4N2/c13-10-3-2-9(10)5-8-1-4-11-12(6-8)15-7-14-11;1-2/h1-6H,7H2;1-2H2. The molecule has 88 valence electrons. The topological polar surface area (TPSA) is 87.6 Å².